The van der Waals surface area contributed by atoms with E-state index < -0.39 is 53.8 Å². The molecule has 7 nitrogen and oxygen atoms in total. The lowest BCUT2D eigenvalue weighted by molar-refractivity contribution is -0.178. The number of hydrogen-bond acceptors (Lipinski definition) is 7. The summed E-state index contributed by atoms with van der Waals surface area (Å²) in [6.07, 6.45) is -2.61. The van der Waals surface area contributed by atoms with Gasteiger partial charge in [-0.05, 0) is 30.3 Å². The zero-order valence-electron chi connectivity index (χ0n) is 16.4. The minimum absolute atomic E-state index is 0.0231. The summed E-state index contributed by atoms with van der Waals surface area (Å²) in [5.41, 5.74) is -1.09. The number of aromatic nitrogens is 3. The van der Waals surface area contributed by atoms with Crippen LogP contribution in [0.1, 0.15) is 6.04 Å². The van der Waals surface area contributed by atoms with Crippen LogP contribution in [0.15, 0.2) is 41.4 Å². The van der Waals surface area contributed by atoms with Crippen LogP contribution >= 0.6 is 35.0 Å². The molecule has 2 heterocycles. The van der Waals surface area contributed by atoms with Crippen LogP contribution < -0.4 is 0 Å². The van der Waals surface area contributed by atoms with Crippen LogP contribution in [0.2, 0.25) is 10.0 Å². The maximum Gasteiger partial charge on any atom is 0.194 e. The van der Waals surface area contributed by atoms with Crippen LogP contribution in [0.5, 0.6) is 0 Å². The summed E-state index contributed by atoms with van der Waals surface area (Å²) >= 11 is 13.1. The van der Waals surface area contributed by atoms with Gasteiger partial charge in [0.25, 0.3) is 0 Å². The van der Waals surface area contributed by atoms with Crippen molar-refractivity contribution in [1.82, 2.24) is 15.0 Å². The number of ether oxygens (including phenoxy) is 1. The molecule has 0 saturated carbocycles. The molecular weight excluding hydrogens is 506 g/mol. The lowest BCUT2D eigenvalue weighted by atomic mass is 9.97. The standard InChI is InChI=1S/C20H16Cl2F3N3O4S/c21-9-3-10(22)5-11(4-9)33-20-19(31)17(18(30)15(7-29)32-20)28-6-14(26-27-28)8-1-12(23)16(25)13(24)2-8/h1-6,15,17-20,29-31H,7H2/t15?,17?,18-,19?,20+/m0/s1. The predicted molar refractivity (Wildman–Crippen MR) is 114 cm³/mol. The van der Waals surface area contributed by atoms with Crippen molar-refractivity contribution in [1.29, 1.82) is 0 Å². The fraction of sp³-hybridized carbons (Fsp3) is 0.300. The van der Waals surface area contributed by atoms with Crippen molar-refractivity contribution in [3.05, 3.63) is 64.0 Å². The van der Waals surface area contributed by atoms with E-state index in [1.54, 1.807) is 12.1 Å². The molecule has 1 aliphatic rings. The highest BCUT2D eigenvalue weighted by Gasteiger charge is 2.46. The third kappa shape index (κ3) is 4.99. The van der Waals surface area contributed by atoms with Crippen molar-refractivity contribution in [2.24, 2.45) is 0 Å². The molecule has 1 fully saturated rings. The number of aliphatic hydroxyl groups excluding tert-OH is 3. The van der Waals surface area contributed by atoms with Crippen LogP contribution in [0.25, 0.3) is 11.3 Å². The fourth-order valence-corrected chi connectivity index (χ4v) is 5.28. The largest absolute Gasteiger partial charge is 0.394 e. The van der Waals surface area contributed by atoms with Crippen molar-refractivity contribution >= 4 is 35.0 Å². The van der Waals surface area contributed by atoms with Crippen molar-refractivity contribution in [3.8, 4) is 11.3 Å². The molecule has 0 aliphatic carbocycles. The predicted octanol–water partition coefficient (Wildman–Crippen LogP) is 3.44. The second-order valence-electron chi connectivity index (χ2n) is 7.26. The lowest BCUT2D eigenvalue weighted by Gasteiger charge is -2.41. The summed E-state index contributed by atoms with van der Waals surface area (Å²) in [5.74, 6) is -4.42. The molecule has 1 saturated heterocycles. The van der Waals surface area contributed by atoms with Crippen molar-refractivity contribution in [2.75, 3.05) is 6.61 Å². The van der Waals surface area contributed by atoms with Gasteiger partial charge >= 0.3 is 0 Å². The van der Waals surface area contributed by atoms with E-state index in [1.807, 2.05) is 0 Å². The first-order chi connectivity index (χ1) is 15.7. The first-order valence-corrected chi connectivity index (χ1v) is 11.1. The molecule has 4 rings (SSSR count). The zero-order valence-corrected chi connectivity index (χ0v) is 18.8. The van der Waals surface area contributed by atoms with Gasteiger partial charge in [-0.3, -0.25) is 0 Å². The number of benzene rings is 2. The van der Waals surface area contributed by atoms with Gasteiger partial charge in [0.05, 0.1) is 12.8 Å². The van der Waals surface area contributed by atoms with Crippen molar-refractivity contribution in [2.45, 2.75) is 34.7 Å². The minimum Gasteiger partial charge on any atom is -0.394 e. The van der Waals surface area contributed by atoms with Gasteiger partial charge in [-0.1, -0.05) is 40.2 Å². The third-order valence-electron chi connectivity index (χ3n) is 5.03. The minimum atomic E-state index is -1.62. The van der Waals surface area contributed by atoms with Gasteiger partial charge in [0, 0.05) is 20.5 Å². The highest BCUT2D eigenvalue weighted by atomic mass is 35.5. The molecule has 0 amide bonds. The quantitative estimate of drug-likeness (QED) is 0.442. The molecule has 13 heteroatoms. The van der Waals surface area contributed by atoms with Crippen LogP contribution in [0.3, 0.4) is 0 Å². The molecule has 3 N–H and O–H groups in total. The van der Waals surface area contributed by atoms with E-state index in [4.69, 9.17) is 27.9 Å². The molecule has 1 aromatic heterocycles. The Hall–Kier alpha value is -1.86. The Balaban J connectivity index is 1.64. The van der Waals surface area contributed by atoms with Gasteiger partial charge in [-0.25, -0.2) is 17.9 Å². The molecule has 3 unspecified atom stereocenters. The number of halogens is 5. The topological polar surface area (TPSA) is 101 Å². The maximum atomic E-state index is 13.6. The number of thioether (sulfide) groups is 1. The molecular formula is C20H16Cl2F3N3O4S. The summed E-state index contributed by atoms with van der Waals surface area (Å²) in [6, 6.07) is 5.11. The van der Waals surface area contributed by atoms with Gasteiger partial charge in [0.1, 0.15) is 35.5 Å². The lowest BCUT2D eigenvalue weighted by Crippen LogP contribution is -2.55. The van der Waals surface area contributed by atoms with E-state index in [2.05, 4.69) is 10.3 Å². The molecule has 2 aromatic carbocycles. The number of hydrogen-bond donors (Lipinski definition) is 3. The van der Waals surface area contributed by atoms with Crippen molar-refractivity contribution < 1.29 is 33.2 Å². The molecule has 33 heavy (non-hydrogen) atoms. The van der Waals surface area contributed by atoms with Gasteiger partial charge in [0.2, 0.25) is 0 Å². The van der Waals surface area contributed by atoms with Crippen LogP contribution in [-0.4, -0.2) is 60.7 Å². The highest BCUT2D eigenvalue weighted by Crippen LogP contribution is 2.39. The van der Waals surface area contributed by atoms with E-state index >= 15 is 0 Å². The Morgan fingerprint density at radius 3 is 2.24 bits per heavy atom. The number of aliphatic hydroxyl groups is 3. The monoisotopic (exact) mass is 521 g/mol. The molecule has 3 aromatic rings. The van der Waals surface area contributed by atoms with Gasteiger partial charge in [0.15, 0.2) is 17.5 Å². The molecule has 0 bridgehead atoms. The Morgan fingerprint density at radius 2 is 1.64 bits per heavy atom. The third-order valence-corrected chi connectivity index (χ3v) is 6.60. The summed E-state index contributed by atoms with van der Waals surface area (Å²) < 4.78 is 47.2. The van der Waals surface area contributed by atoms with E-state index in [9.17, 15) is 28.5 Å². The van der Waals surface area contributed by atoms with E-state index in [1.165, 1.54) is 12.3 Å². The van der Waals surface area contributed by atoms with E-state index in [0.29, 0.717) is 14.9 Å². The van der Waals surface area contributed by atoms with Crippen LogP contribution in [0.4, 0.5) is 13.2 Å². The SMILES string of the molecule is OCC1O[C@H](Sc2cc(Cl)cc(Cl)c2)C(O)C(n2cc(-c3cc(F)c(F)c(F)c3)nn2)[C@H]1O. The number of rotatable bonds is 5. The first-order valence-electron chi connectivity index (χ1n) is 9.50. The normalized spacial score (nSPS) is 25.4. The van der Waals surface area contributed by atoms with Gasteiger partial charge in [-0.15, -0.1) is 5.10 Å². The highest BCUT2D eigenvalue weighted by molar-refractivity contribution is 7.99. The van der Waals surface area contributed by atoms with Crippen LogP contribution in [0, 0.1) is 17.5 Å². The Bertz CT molecular complexity index is 1130. The fourth-order valence-electron chi connectivity index (χ4n) is 3.47. The van der Waals surface area contributed by atoms with Crippen LogP contribution in [-0.2, 0) is 4.74 Å². The summed E-state index contributed by atoms with van der Waals surface area (Å²) in [6.45, 7) is -0.562. The molecule has 176 valence electrons. The van der Waals surface area contributed by atoms with E-state index in [-0.39, 0.29) is 11.3 Å². The summed E-state index contributed by atoms with van der Waals surface area (Å²) in [4.78, 5) is 0.569. The average molecular weight is 522 g/mol. The molecule has 1 aliphatic heterocycles. The van der Waals surface area contributed by atoms with Gasteiger partial charge in [-0.2, -0.15) is 0 Å². The number of nitrogens with zero attached hydrogens (tertiary/aromatic N) is 3. The molecule has 0 radical (unpaired) electrons. The zero-order chi connectivity index (χ0) is 23.9. The van der Waals surface area contributed by atoms with Gasteiger partial charge < -0.3 is 20.1 Å². The molecule has 5 atom stereocenters. The summed E-state index contributed by atoms with van der Waals surface area (Å²) in [5, 5.41) is 39.7. The Morgan fingerprint density at radius 1 is 1.00 bits per heavy atom. The Labute approximate surface area is 199 Å². The maximum absolute atomic E-state index is 13.6. The smallest absolute Gasteiger partial charge is 0.194 e. The van der Waals surface area contributed by atoms with Crippen molar-refractivity contribution in [3.63, 3.8) is 0 Å². The van der Waals surface area contributed by atoms with E-state index in [0.717, 1.165) is 28.6 Å². The molecule has 0 spiro atoms. The second-order valence-corrected chi connectivity index (χ2v) is 9.30. The summed E-state index contributed by atoms with van der Waals surface area (Å²) in [7, 11) is 0. The Kier molecular flexibility index (Phi) is 7.20. The second kappa shape index (κ2) is 9.79. The average Bonchev–Trinajstić information content (AvgIpc) is 3.23. The first kappa shape index (κ1) is 24.3.